The lowest BCUT2D eigenvalue weighted by atomic mass is 9.97. The third kappa shape index (κ3) is 4.85. The summed E-state index contributed by atoms with van der Waals surface area (Å²) in [6.07, 6.45) is 2.35. The molecule has 1 saturated carbocycles. The molecule has 184 valence electrons. The Morgan fingerprint density at radius 3 is 2.66 bits per heavy atom. The molecule has 2 heterocycles. The number of nitrogens with one attached hydrogen (secondary N) is 1. The van der Waals surface area contributed by atoms with Gasteiger partial charge in [-0.2, -0.15) is 8.42 Å². The number of anilines is 2. The number of aliphatic imine (C=N–C) groups is 1. The second kappa shape index (κ2) is 9.15. The molecule has 4 N–H and O–H groups in total. The summed E-state index contributed by atoms with van der Waals surface area (Å²) in [5.41, 5.74) is 4.67. The molecule has 10 nitrogen and oxygen atoms in total. The Kier molecular flexibility index (Phi) is 6.18. The number of aliphatic hydroxyl groups is 1. The van der Waals surface area contributed by atoms with Gasteiger partial charge in [-0.25, -0.2) is 20.1 Å². The largest absolute Gasteiger partial charge is 0.393 e. The van der Waals surface area contributed by atoms with E-state index in [1.165, 1.54) is 6.33 Å². The molecule has 0 saturated heterocycles. The molecule has 0 unspecified atom stereocenters. The SMILES string of the molecule is CN(C)c1ccc(C2=Nc3c(ncnc3N[C@@H]3C[C@@H](COS(N)(=O)=O)[C@@H](O)C3)C2)c2ccccc12. The molecule has 3 atom stereocenters. The minimum Gasteiger partial charge on any atom is -0.393 e. The van der Waals surface area contributed by atoms with Crippen LogP contribution in [0.3, 0.4) is 0 Å². The van der Waals surface area contributed by atoms with Crippen molar-refractivity contribution in [1.29, 1.82) is 0 Å². The average molecular weight is 497 g/mol. The number of rotatable bonds is 7. The molecule has 2 aromatic carbocycles. The number of fused-ring (bicyclic) bond motifs is 2. The van der Waals surface area contributed by atoms with Crippen LogP contribution in [0.25, 0.3) is 10.8 Å². The van der Waals surface area contributed by atoms with Gasteiger partial charge in [0.2, 0.25) is 0 Å². The second-order valence-corrected chi connectivity index (χ2v) is 10.5. The molecule has 0 spiro atoms. The van der Waals surface area contributed by atoms with Crippen molar-refractivity contribution in [1.82, 2.24) is 9.97 Å². The minimum atomic E-state index is -4.05. The highest BCUT2D eigenvalue weighted by Crippen LogP contribution is 2.38. The zero-order chi connectivity index (χ0) is 24.7. The van der Waals surface area contributed by atoms with Gasteiger partial charge in [-0.15, -0.1) is 0 Å². The maximum atomic E-state index is 11.1. The number of nitrogens with zero attached hydrogens (tertiary/aromatic N) is 4. The molecular formula is C24H28N6O4S. The summed E-state index contributed by atoms with van der Waals surface area (Å²) in [5.74, 6) is 0.255. The van der Waals surface area contributed by atoms with Crippen molar-refractivity contribution in [2.75, 3.05) is 30.9 Å². The van der Waals surface area contributed by atoms with Gasteiger partial charge < -0.3 is 15.3 Å². The van der Waals surface area contributed by atoms with Crippen molar-refractivity contribution in [3.8, 4) is 0 Å². The number of aromatic nitrogens is 2. The summed E-state index contributed by atoms with van der Waals surface area (Å²) in [6, 6.07) is 12.4. The topological polar surface area (TPSA) is 143 Å². The van der Waals surface area contributed by atoms with Crippen LogP contribution in [0.2, 0.25) is 0 Å². The number of hydrogen-bond acceptors (Lipinski definition) is 9. The first kappa shape index (κ1) is 23.6. The highest BCUT2D eigenvalue weighted by molar-refractivity contribution is 7.84. The molecule has 0 radical (unpaired) electrons. The van der Waals surface area contributed by atoms with Crippen molar-refractivity contribution in [3.05, 3.63) is 54.0 Å². The fourth-order valence-electron chi connectivity index (χ4n) is 4.96. The van der Waals surface area contributed by atoms with Gasteiger partial charge in [-0.1, -0.05) is 30.3 Å². The molecule has 0 amide bonds. The molecule has 0 bridgehead atoms. The van der Waals surface area contributed by atoms with Gasteiger partial charge in [0.1, 0.15) is 12.0 Å². The number of hydrogen-bond donors (Lipinski definition) is 3. The van der Waals surface area contributed by atoms with Gasteiger partial charge in [0.15, 0.2) is 5.82 Å². The molecule has 35 heavy (non-hydrogen) atoms. The summed E-state index contributed by atoms with van der Waals surface area (Å²) in [4.78, 5) is 15.9. The summed E-state index contributed by atoms with van der Waals surface area (Å²) < 4.78 is 26.9. The smallest absolute Gasteiger partial charge is 0.333 e. The second-order valence-electron chi connectivity index (χ2n) is 9.24. The standard InChI is InChI=1S/C24H28N6O4S/c1-30(2)21-8-7-17(16-5-3-4-6-18(16)21)19-11-20-23(29-19)24(27-13-26-20)28-15-9-14(22(31)10-15)12-34-35(25,32)33/h3-8,13-15,22,31H,9-12H2,1-2H3,(H2,25,32,33)(H,26,27,28)/t14-,15+,22-/m0/s1. The Morgan fingerprint density at radius 2 is 1.91 bits per heavy atom. The number of benzene rings is 2. The van der Waals surface area contributed by atoms with Crippen molar-refractivity contribution in [2.45, 2.75) is 31.4 Å². The maximum Gasteiger partial charge on any atom is 0.333 e. The molecule has 3 aromatic rings. The van der Waals surface area contributed by atoms with E-state index in [1.807, 2.05) is 26.2 Å². The molecular weight excluding hydrogens is 468 g/mol. The van der Waals surface area contributed by atoms with Gasteiger partial charge >= 0.3 is 10.3 Å². The fraction of sp³-hybridized carbons (Fsp3) is 0.375. The Hall–Kier alpha value is -3.12. The molecule has 2 aliphatic rings. The van der Waals surface area contributed by atoms with Crippen LogP contribution in [0.1, 0.15) is 24.1 Å². The summed E-state index contributed by atoms with van der Waals surface area (Å²) in [7, 11) is 0.0148. The first-order valence-electron chi connectivity index (χ1n) is 11.4. The maximum absolute atomic E-state index is 11.1. The molecule has 1 fully saturated rings. The van der Waals surface area contributed by atoms with Crippen molar-refractivity contribution in [3.63, 3.8) is 0 Å². The average Bonchev–Trinajstić information content (AvgIpc) is 3.40. The third-order valence-corrected chi connectivity index (χ3v) is 7.08. The van der Waals surface area contributed by atoms with E-state index in [0.717, 1.165) is 33.4 Å². The zero-order valence-corrected chi connectivity index (χ0v) is 20.4. The summed E-state index contributed by atoms with van der Waals surface area (Å²) in [5, 5.41) is 20.9. The summed E-state index contributed by atoms with van der Waals surface area (Å²) >= 11 is 0. The van der Waals surface area contributed by atoms with E-state index in [4.69, 9.17) is 10.1 Å². The first-order valence-corrected chi connectivity index (χ1v) is 12.9. The van der Waals surface area contributed by atoms with E-state index in [1.54, 1.807) is 0 Å². The van der Waals surface area contributed by atoms with Crippen LogP contribution in [-0.2, 0) is 20.9 Å². The van der Waals surface area contributed by atoms with E-state index >= 15 is 0 Å². The normalized spacial score (nSPS) is 21.7. The van der Waals surface area contributed by atoms with E-state index in [-0.39, 0.29) is 18.6 Å². The van der Waals surface area contributed by atoms with E-state index in [0.29, 0.717) is 30.8 Å². The van der Waals surface area contributed by atoms with E-state index in [2.05, 4.69) is 48.6 Å². The van der Waals surface area contributed by atoms with Crippen LogP contribution in [0, 0.1) is 5.92 Å². The Labute approximate surface area is 204 Å². The first-order chi connectivity index (χ1) is 16.7. The zero-order valence-electron chi connectivity index (χ0n) is 19.5. The fourth-order valence-corrected chi connectivity index (χ4v) is 5.32. The molecule has 11 heteroatoms. The Bertz CT molecular complexity index is 1410. The van der Waals surface area contributed by atoms with E-state index in [9.17, 15) is 13.5 Å². The molecule has 1 aliphatic carbocycles. The van der Waals surface area contributed by atoms with Crippen LogP contribution in [0.4, 0.5) is 17.2 Å². The minimum absolute atomic E-state index is 0.113. The highest BCUT2D eigenvalue weighted by atomic mass is 32.2. The van der Waals surface area contributed by atoms with Crippen molar-refractivity contribution < 1.29 is 17.7 Å². The van der Waals surface area contributed by atoms with Crippen LogP contribution in [0.15, 0.2) is 47.7 Å². The molecule has 1 aliphatic heterocycles. The van der Waals surface area contributed by atoms with Gasteiger partial charge in [-0.05, 0) is 24.3 Å². The lowest BCUT2D eigenvalue weighted by Gasteiger charge is -2.17. The third-order valence-electron chi connectivity index (χ3n) is 6.62. The Morgan fingerprint density at radius 1 is 1.14 bits per heavy atom. The van der Waals surface area contributed by atoms with Gasteiger partial charge in [0.05, 0.1) is 24.1 Å². The highest BCUT2D eigenvalue weighted by Gasteiger charge is 2.35. The predicted octanol–water partition coefficient (Wildman–Crippen LogP) is 2.14. The van der Waals surface area contributed by atoms with Crippen molar-refractivity contribution in [2.24, 2.45) is 16.0 Å². The number of aliphatic hydroxyl groups excluding tert-OH is 1. The van der Waals surface area contributed by atoms with Gasteiger partial charge in [0.25, 0.3) is 0 Å². The van der Waals surface area contributed by atoms with Crippen LogP contribution in [-0.4, -0.2) is 62.1 Å². The monoisotopic (exact) mass is 496 g/mol. The predicted molar refractivity (Wildman–Crippen MR) is 135 cm³/mol. The van der Waals surface area contributed by atoms with Crippen LogP contribution < -0.4 is 15.4 Å². The molecule has 1 aromatic heterocycles. The quantitative estimate of drug-likeness (QED) is 0.451. The van der Waals surface area contributed by atoms with Crippen LogP contribution in [0.5, 0.6) is 0 Å². The van der Waals surface area contributed by atoms with Gasteiger partial charge in [-0.3, -0.25) is 4.18 Å². The number of nitrogens with two attached hydrogens (primary N) is 1. The Balaban J connectivity index is 1.40. The van der Waals surface area contributed by atoms with E-state index < -0.39 is 16.4 Å². The van der Waals surface area contributed by atoms with Crippen LogP contribution >= 0.6 is 0 Å². The lowest BCUT2D eigenvalue weighted by Crippen LogP contribution is -2.24. The van der Waals surface area contributed by atoms with Gasteiger partial charge in [0, 0.05) is 49.1 Å². The summed E-state index contributed by atoms with van der Waals surface area (Å²) in [6.45, 7) is -0.154. The van der Waals surface area contributed by atoms with Crippen molar-refractivity contribution >= 4 is 44.0 Å². The molecule has 5 rings (SSSR count). The lowest BCUT2D eigenvalue weighted by molar-refractivity contribution is 0.101.